The number of nitrogens with one attached hydrogen (secondary N) is 2. The molecular formula is C35H36F3N3O4S. The maximum absolute atomic E-state index is 13.7. The predicted molar refractivity (Wildman–Crippen MR) is 171 cm³/mol. The quantitative estimate of drug-likeness (QED) is 0.165. The molecule has 3 aromatic carbocycles. The lowest BCUT2D eigenvalue weighted by Crippen LogP contribution is -2.48. The van der Waals surface area contributed by atoms with Crippen LogP contribution in [-0.2, 0) is 13.0 Å². The topological polar surface area (TPSA) is 90.9 Å². The van der Waals surface area contributed by atoms with Gasteiger partial charge in [-0.25, -0.2) is 0 Å². The van der Waals surface area contributed by atoms with Gasteiger partial charge in [0.15, 0.2) is 0 Å². The molecule has 1 aromatic heterocycles. The first-order chi connectivity index (χ1) is 22.1. The van der Waals surface area contributed by atoms with Crippen LogP contribution in [0.15, 0.2) is 90.3 Å². The van der Waals surface area contributed by atoms with Crippen LogP contribution >= 0.6 is 11.3 Å². The number of thiophene rings is 1. The summed E-state index contributed by atoms with van der Waals surface area (Å²) in [4.78, 5) is 30.3. The first kappa shape index (κ1) is 33.2. The highest BCUT2D eigenvalue weighted by atomic mass is 32.1. The summed E-state index contributed by atoms with van der Waals surface area (Å²) in [5, 5.41) is 19.2. The summed E-state index contributed by atoms with van der Waals surface area (Å²) < 4.78 is 41.9. The summed E-state index contributed by atoms with van der Waals surface area (Å²) in [7, 11) is 0. The molecule has 3 atom stereocenters. The van der Waals surface area contributed by atoms with E-state index in [4.69, 9.17) is 0 Å². The van der Waals surface area contributed by atoms with Gasteiger partial charge in [0.05, 0.1) is 18.2 Å². The number of alkyl halides is 3. The normalized spacial score (nSPS) is 16.2. The Morgan fingerprint density at radius 1 is 1.00 bits per heavy atom. The molecule has 1 unspecified atom stereocenters. The molecule has 242 valence electrons. The third-order valence-electron chi connectivity index (χ3n) is 7.87. The lowest BCUT2D eigenvalue weighted by atomic mass is 9.99. The highest BCUT2D eigenvalue weighted by Crippen LogP contribution is 2.35. The Bertz CT molecular complexity index is 1620. The molecule has 5 rings (SSSR count). The number of benzene rings is 3. The second-order valence-electron chi connectivity index (χ2n) is 11.4. The number of hydrogen-bond acceptors (Lipinski definition) is 6. The molecule has 1 aliphatic rings. The van der Waals surface area contributed by atoms with Crippen LogP contribution in [0, 0.1) is 6.92 Å². The van der Waals surface area contributed by atoms with Crippen LogP contribution < -0.4 is 15.4 Å². The van der Waals surface area contributed by atoms with E-state index in [2.05, 4.69) is 15.4 Å². The van der Waals surface area contributed by atoms with Crippen LogP contribution in [0.25, 0.3) is 0 Å². The Morgan fingerprint density at radius 3 is 2.50 bits per heavy atom. The van der Waals surface area contributed by atoms with Crippen molar-refractivity contribution >= 4 is 23.2 Å². The molecule has 11 heteroatoms. The maximum atomic E-state index is 13.7. The Labute approximate surface area is 270 Å². The number of carbonyl (C=O) groups is 2. The minimum Gasteiger partial charge on any atom is -0.406 e. The first-order valence-electron chi connectivity index (χ1n) is 15.1. The average Bonchev–Trinajstić information content (AvgIpc) is 3.72. The third kappa shape index (κ3) is 8.96. The fourth-order valence-electron chi connectivity index (χ4n) is 5.75. The molecular weight excluding hydrogens is 615 g/mol. The number of halogens is 3. The van der Waals surface area contributed by atoms with E-state index in [9.17, 15) is 27.9 Å². The van der Waals surface area contributed by atoms with Gasteiger partial charge in [0, 0.05) is 35.6 Å². The standard InChI is InChI=1S/C35H36F3N3O4S/c1-23-16-26(20-27(17-23)34(44)41-14-6-12-30(41)32-13-7-15-46-32)33(43)40-29(19-24-8-3-2-4-9-24)31(42)22-39-21-25-10-5-11-28(18-25)45-35(36,37)38/h2-5,7-11,13,15-18,20,29-31,39,42H,6,12,14,19,21-22H2,1H3,(H,40,43)/t29-,30?,31+/m1/s1. The van der Waals surface area contributed by atoms with Gasteiger partial charge in [0.1, 0.15) is 5.75 Å². The van der Waals surface area contributed by atoms with Crippen molar-refractivity contribution in [1.29, 1.82) is 0 Å². The number of rotatable bonds is 12. The second-order valence-corrected chi connectivity index (χ2v) is 12.4. The summed E-state index contributed by atoms with van der Waals surface area (Å²) in [6.45, 7) is 2.71. The largest absolute Gasteiger partial charge is 0.573 e. The molecule has 4 aromatic rings. The van der Waals surface area contributed by atoms with Gasteiger partial charge in [-0.05, 0) is 84.7 Å². The average molecular weight is 652 g/mol. The lowest BCUT2D eigenvalue weighted by molar-refractivity contribution is -0.274. The van der Waals surface area contributed by atoms with Gasteiger partial charge in [0.25, 0.3) is 11.8 Å². The molecule has 2 heterocycles. The van der Waals surface area contributed by atoms with Crippen molar-refractivity contribution in [2.75, 3.05) is 13.1 Å². The first-order valence-corrected chi connectivity index (χ1v) is 16.0. The van der Waals surface area contributed by atoms with E-state index in [1.165, 1.54) is 18.2 Å². The van der Waals surface area contributed by atoms with Crippen molar-refractivity contribution in [3.05, 3.63) is 123 Å². The zero-order valence-corrected chi connectivity index (χ0v) is 26.1. The highest BCUT2D eigenvalue weighted by Gasteiger charge is 2.32. The van der Waals surface area contributed by atoms with E-state index >= 15 is 0 Å². The number of ether oxygens (including phenoxy) is 1. The number of likely N-dealkylation sites (tertiary alicyclic amines) is 1. The van der Waals surface area contributed by atoms with E-state index < -0.39 is 24.4 Å². The van der Waals surface area contributed by atoms with Crippen molar-refractivity contribution in [3.63, 3.8) is 0 Å². The molecule has 1 aliphatic heterocycles. The van der Waals surface area contributed by atoms with Crippen molar-refractivity contribution in [2.45, 2.75) is 57.3 Å². The van der Waals surface area contributed by atoms with Gasteiger partial charge in [-0.15, -0.1) is 24.5 Å². The van der Waals surface area contributed by atoms with Crippen molar-refractivity contribution in [1.82, 2.24) is 15.5 Å². The van der Waals surface area contributed by atoms with Crippen LogP contribution in [0.5, 0.6) is 5.75 Å². The molecule has 1 saturated heterocycles. The van der Waals surface area contributed by atoms with Crippen LogP contribution in [0.4, 0.5) is 13.2 Å². The molecule has 0 bridgehead atoms. The highest BCUT2D eigenvalue weighted by molar-refractivity contribution is 7.10. The number of nitrogens with zero attached hydrogens (tertiary/aromatic N) is 1. The Balaban J connectivity index is 1.28. The SMILES string of the molecule is Cc1cc(C(=O)N[C@H](Cc2ccccc2)[C@@H](O)CNCc2cccc(OC(F)(F)F)c2)cc(C(=O)N2CCCC2c2cccs2)c1. The molecule has 0 spiro atoms. The molecule has 46 heavy (non-hydrogen) atoms. The summed E-state index contributed by atoms with van der Waals surface area (Å²) in [6.07, 6.45) is -3.70. The minimum atomic E-state index is -4.79. The summed E-state index contributed by atoms with van der Waals surface area (Å²) in [6, 6.07) is 23.5. The zero-order valence-electron chi connectivity index (χ0n) is 25.3. The van der Waals surface area contributed by atoms with Gasteiger partial charge in [-0.2, -0.15) is 0 Å². The summed E-state index contributed by atoms with van der Waals surface area (Å²) in [5.41, 5.74) is 2.95. The van der Waals surface area contributed by atoms with Crippen LogP contribution in [0.2, 0.25) is 0 Å². The third-order valence-corrected chi connectivity index (χ3v) is 8.84. The smallest absolute Gasteiger partial charge is 0.406 e. The van der Waals surface area contributed by atoms with Gasteiger partial charge >= 0.3 is 6.36 Å². The fraction of sp³-hybridized carbons (Fsp3) is 0.314. The summed E-state index contributed by atoms with van der Waals surface area (Å²) >= 11 is 1.63. The van der Waals surface area contributed by atoms with Crippen LogP contribution in [0.3, 0.4) is 0 Å². The Kier molecular flexibility index (Phi) is 10.8. The van der Waals surface area contributed by atoms with Crippen LogP contribution in [0.1, 0.15) is 61.2 Å². The predicted octanol–water partition coefficient (Wildman–Crippen LogP) is 6.42. The molecule has 2 amide bonds. The van der Waals surface area contributed by atoms with E-state index in [0.29, 0.717) is 29.7 Å². The number of aliphatic hydroxyl groups is 1. The second kappa shape index (κ2) is 14.9. The van der Waals surface area contributed by atoms with Gasteiger partial charge in [0.2, 0.25) is 0 Å². The fourth-order valence-corrected chi connectivity index (χ4v) is 6.63. The van der Waals surface area contributed by atoms with E-state index in [0.717, 1.165) is 28.8 Å². The molecule has 7 nitrogen and oxygen atoms in total. The monoisotopic (exact) mass is 651 g/mol. The van der Waals surface area contributed by atoms with Gasteiger partial charge in [-0.3, -0.25) is 9.59 Å². The number of carbonyl (C=O) groups excluding carboxylic acids is 2. The van der Waals surface area contributed by atoms with E-state index in [1.54, 1.807) is 35.6 Å². The molecule has 0 radical (unpaired) electrons. The van der Waals surface area contributed by atoms with Crippen molar-refractivity contribution < 1.29 is 32.6 Å². The molecule has 0 aliphatic carbocycles. The van der Waals surface area contributed by atoms with E-state index in [1.807, 2.05) is 59.7 Å². The summed E-state index contributed by atoms with van der Waals surface area (Å²) in [5.74, 6) is -0.876. The van der Waals surface area contributed by atoms with E-state index in [-0.39, 0.29) is 30.8 Å². The van der Waals surface area contributed by atoms with Crippen molar-refractivity contribution in [2.24, 2.45) is 0 Å². The lowest BCUT2D eigenvalue weighted by Gasteiger charge is -2.26. The van der Waals surface area contributed by atoms with Gasteiger partial charge < -0.3 is 25.4 Å². The minimum absolute atomic E-state index is 0.0165. The Morgan fingerprint density at radius 2 is 1.76 bits per heavy atom. The number of aliphatic hydroxyl groups excluding tert-OH is 1. The van der Waals surface area contributed by atoms with Gasteiger partial charge in [-0.1, -0.05) is 48.5 Å². The van der Waals surface area contributed by atoms with Crippen molar-refractivity contribution in [3.8, 4) is 5.75 Å². The maximum Gasteiger partial charge on any atom is 0.573 e. The number of hydrogen-bond donors (Lipinski definition) is 3. The molecule has 0 saturated carbocycles. The molecule has 1 fully saturated rings. The zero-order chi connectivity index (χ0) is 32.7. The molecule has 3 N–H and O–H groups in total. The Hall–Kier alpha value is -4.19. The van der Waals surface area contributed by atoms with Crippen LogP contribution in [-0.4, -0.2) is 53.4 Å². The number of aryl methyl sites for hydroxylation is 1. The number of amides is 2.